The molecule has 8 nitrogen and oxygen atoms in total. The number of amides is 1. The van der Waals surface area contributed by atoms with Crippen LogP contribution in [0.1, 0.15) is 64.6 Å². The van der Waals surface area contributed by atoms with E-state index in [0.717, 1.165) is 28.6 Å². The molecule has 3 aromatic rings. The van der Waals surface area contributed by atoms with E-state index in [1.165, 1.54) is 0 Å². The summed E-state index contributed by atoms with van der Waals surface area (Å²) in [6, 6.07) is 9.53. The number of ether oxygens (including phenoxy) is 1. The van der Waals surface area contributed by atoms with Crippen LogP contribution in [-0.2, 0) is 28.0 Å². The average molecular weight is 461 g/mol. The van der Waals surface area contributed by atoms with Crippen molar-refractivity contribution in [2.75, 3.05) is 13.2 Å². The molecule has 3 heterocycles. The Kier molecular flexibility index (Phi) is 6.66. The molecule has 1 amide bonds. The minimum Gasteiger partial charge on any atom is -0.481 e. The van der Waals surface area contributed by atoms with Gasteiger partial charge < -0.3 is 20.1 Å². The molecule has 3 N–H and O–H groups in total. The summed E-state index contributed by atoms with van der Waals surface area (Å²) in [6.07, 6.45) is 4.01. The number of nitriles is 1. The number of carboxylic acids is 1. The number of hydrogen-bond donors (Lipinski definition) is 3. The number of benzene rings is 1. The number of nitrogens with one attached hydrogen (secondary N) is 2. The first kappa shape index (κ1) is 23.5. The summed E-state index contributed by atoms with van der Waals surface area (Å²) < 4.78 is 6.08. The highest BCUT2D eigenvalue weighted by Gasteiger charge is 2.42. The first-order chi connectivity index (χ1) is 16.4. The van der Waals surface area contributed by atoms with Crippen molar-refractivity contribution in [1.82, 2.24) is 15.3 Å². The normalized spacial score (nSPS) is 17.2. The maximum Gasteiger partial charge on any atom is 0.306 e. The number of pyridine rings is 1. The second kappa shape index (κ2) is 9.65. The van der Waals surface area contributed by atoms with Crippen LogP contribution < -0.4 is 5.32 Å². The van der Waals surface area contributed by atoms with Crippen molar-refractivity contribution in [3.8, 4) is 6.07 Å². The molecule has 8 heteroatoms. The largest absolute Gasteiger partial charge is 0.481 e. The zero-order valence-corrected chi connectivity index (χ0v) is 19.4. The molecule has 0 saturated heterocycles. The van der Waals surface area contributed by atoms with Gasteiger partial charge in [0.1, 0.15) is 5.60 Å². The first-order valence-corrected chi connectivity index (χ1v) is 11.5. The number of fused-ring (bicyclic) bond motifs is 3. The van der Waals surface area contributed by atoms with Gasteiger partial charge in [-0.1, -0.05) is 19.4 Å². The van der Waals surface area contributed by atoms with Gasteiger partial charge in [-0.2, -0.15) is 5.26 Å². The molecule has 0 saturated carbocycles. The zero-order chi connectivity index (χ0) is 24.3. The van der Waals surface area contributed by atoms with Gasteiger partial charge in [-0.15, -0.1) is 0 Å². The van der Waals surface area contributed by atoms with Gasteiger partial charge in [-0.3, -0.25) is 14.6 Å². The number of carboxylic acid groups (broad SMARTS) is 1. The van der Waals surface area contributed by atoms with Gasteiger partial charge in [-0.25, -0.2) is 0 Å². The van der Waals surface area contributed by atoms with E-state index in [4.69, 9.17) is 4.74 Å². The highest BCUT2D eigenvalue weighted by Crippen LogP contribution is 2.44. The number of H-pyrrole nitrogens is 1. The van der Waals surface area contributed by atoms with Crippen LogP contribution in [0.25, 0.3) is 10.9 Å². The Morgan fingerprint density at radius 1 is 1.38 bits per heavy atom. The molecule has 1 aromatic carbocycles. The van der Waals surface area contributed by atoms with Crippen LogP contribution in [0.15, 0.2) is 30.5 Å². The molecular weight excluding hydrogens is 432 g/mol. The van der Waals surface area contributed by atoms with E-state index in [-0.39, 0.29) is 12.3 Å². The van der Waals surface area contributed by atoms with Crippen LogP contribution in [-0.4, -0.2) is 40.1 Å². The van der Waals surface area contributed by atoms with E-state index < -0.39 is 11.6 Å². The van der Waals surface area contributed by atoms with Gasteiger partial charge in [-0.05, 0) is 49.1 Å². The van der Waals surface area contributed by atoms with Crippen LogP contribution in [0.2, 0.25) is 0 Å². The van der Waals surface area contributed by atoms with Gasteiger partial charge in [0.25, 0.3) is 5.91 Å². The Hall–Kier alpha value is -3.70. The van der Waals surface area contributed by atoms with E-state index in [1.807, 2.05) is 32.0 Å². The molecule has 0 radical (unpaired) electrons. The van der Waals surface area contributed by atoms with Crippen molar-refractivity contribution >= 4 is 22.8 Å². The highest BCUT2D eigenvalue weighted by molar-refractivity contribution is 6.03. The monoisotopic (exact) mass is 460 g/mol. The summed E-state index contributed by atoms with van der Waals surface area (Å²) >= 11 is 0. The number of carbonyl (C=O) groups is 2. The summed E-state index contributed by atoms with van der Waals surface area (Å²) in [5, 5.41) is 23.2. The Morgan fingerprint density at radius 3 is 2.88 bits per heavy atom. The quantitative estimate of drug-likeness (QED) is 0.470. The summed E-state index contributed by atoms with van der Waals surface area (Å²) in [6.45, 7) is 4.64. The van der Waals surface area contributed by atoms with Crippen molar-refractivity contribution in [3.63, 3.8) is 0 Å². The number of rotatable bonds is 8. The molecule has 1 aliphatic rings. The number of aryl methyl sites for hydroxylation is 1. The maximum atomic E-state index is 13.0. The van der Waals surface area contributed by atoms with Gasteiger partial charge >= 0.3 is 5.97 Å². The van der Waals surface area contributed by atoms with E-state index in [0.29, 0.717) is 54.8 Å². The minimum atomic E-state index is -0.975. The summed E-state index contributed by atoms with van der Waals surface area (Å²) in [7, 11) is 0. The predicted octanol–water partition coefficient (Wildman–Crippen LogP) is 3.76. The second-order valence-corrected chi connectivity index (χ2v) is 8.68. The lowest BCUT2D eigenvalue weighted by atomic mass is 9.84. The van der Waals surface area contributed by atoms with Crippen molar-refractivity contribution in [2.45, 2.75) is 51.6 Å². The molecule has 34 heavy (non-hydrogen) atoms. The smallest absolute Gasteiger partial charge is 0.306 e. The molecule has 1 aliphatic heterocycles. The van der Waals surface area contributed by atoms with Crippen molar-refractivity contribution in [1.29, 1.82) is 5.26 Å². The van der Waals surface area contributed by atoms with Gasteiger partial charge in [0.05, 0.1) is 35.9 Å². The summed E-state index contributed by atoms with van der Waals surface area (Å²) in [5.41, 5.74) is 3.77. The fourth-order valence-electron chi connectivity index (χ4n) is 4.98. The van der Waals surface area contributed by atoms with E-state index in [9.17, 15) is 20.0 Å². The fourth-order valence-corrected chi connectivity index (χ4v) is 4.98. The standard InChI is InChI=1S/C26H28N4O4/c1-3-9-26(14-21(31)32)24-19(8-12-34-26)22-17(15-27)13-20(16(2)23(22)30-24)25(33)29-11-7-18-6-4-5-10-28-18/h4-6,10,13,30H,3,7-9,11-12,14H2,1-2H3,(H,29,33)(H,31,32). The van der Waals surface area contributed by atoms with E-state index >= 15 is 0 Å². The van der Waals surface area contributed by atoms with E-state index in [1.54, 1.807) is 12.3 Å². The first-order valence-electron chi connectivity index (χ1n) is 11.5. The maximum absolute atomic E-state index is 13.0. The fraction of sp³-hybridized carbons (Fsp3) is 0.385. The lowest BCUT2D eigenvalue weighted by Crippen LogP contribution is -2.37. The Morgan fingerprint density at radius 2 is 2.21 bits per heavy atom. The molecule has 0 fully saturated rings. The summed E-state index contributed by atoms with van der Waals surface area (Å²) in [5.74, 6) is -1.20. The van der Waals surface area contributed by atoms with Crippen LogP contribution >= 0.6 is 0 Å². The summed E-state index contributed by atoms with van der Waals surface area (Å²) in [4.78, 5) is 32.4. The topological polar surface area (TPSA) is 128 Å². The third-order valence-corrected chi connectivity index (χ3v) is 6.48. The van der Waals surface area contributed by atoms with Crippen molar-refractivity contribution in [2.24, 2.45) is 0 Å². The molecule has 176 valence electrons. The lowest BCUT2D eigenvalue weighted by molar-refractivity contribution is -0.149. The van der Waals surface area contributed by atoms with Crippen molar-refractivity contribution < 1.29 is 19.4 Å². The molecule has 1 unspecified atom stereocenters. The molecule has 1 atom stereocenters. The number of aromatic nitrogens is 2. The Bertz CT molecular complexity index is 1280. The van der Waals surface area contributed by atoms with E-state index in [2.05, 4.69) is 21.4 Å². The number of carbonyl (C=O) groups excluding carboxylic acids is 1. The number of nitrogens with zero attached hydrogens (tertiary/aromatic N) is 2. The van der Waals surface area contributed by atoms with Crippen LogP contribution in [0.3, 0.4) is 0 Å². The third kappa shape index (κ3) is 4.27. The van der Waals surface area contributed by atoms with Crippen LogP contribution in [0.4, 0.5) is 0 Å². The third-order valence-electron chi connectivity index (χ3n) is 6.48. The number of hydrogen-bond acceptors (Lipinski definition) is 5. The second-order valence-electron chi connectivity index (χ2n) is 8.68. The number of aliphatic carboxylic acids is 1. The molecule has 4 rings (SSSR count). The van der Waals surface area contributed by atoms with Gasteiger partial charge in [0.15, 0.2) is 0 Å². The average Bonchev–Trinajstić information content (AvgIpc) is 3.22. The molecule has 0 aliphatic carbocycles. The van der Waals surface area contributed by atoms with Gasteiger partial charge in [0, 0.05) is 35.8 Å². The Balaban J connectivity index is 1.73. The zero-order valence-electron chi connectivity index (χ0n) is 19.4. The molecule has 0 bridgehead atoms. The lowest BCUT2D eigenvalue weighted by Gasteiger charge is -2.36. The van der Waals surface area contributed by atoms with Crippen LogP contribution in [0, 0.1) is 18.3 Å². The minimum absolute atomic E-state index is 0.164. The molecular formula is C26H28N4O4. The SMILES string of the molecule is CCCC1(CC(=O)O)OCCc2c1[nH]c1c(C)c(C(=O)NCCc3ccccn3)cc(C#N)c21. The van der Waals surface area contributed by atoms with Gasteiger partial charge in [0.2, 0.25) is 0 Å². The molecule has 2 aromatic heterocycles. The predicted molar refractivity (Wildman–Crippen MR) is 127 cm³/mol. The van der Waals surface area contributed by atoms with Crippen molar-refractivity contribution in [3.05, 3.63) is 64.1 Å². The number of aromatic amines is 1. The molecule has 0 spiro atoms. The Labute approximate surface area is 198 Å². The van der Waals surface area contributed by atoms with Crippen LogP contribution in [0.5, 0.6) is 0 Å². The highest BCUT2D eigenvalue weighted by atomic mass is 16.5.